The summed E-state index contributed by atoms with van der Waals surface area (Å²) < 4.78 is 0. The molecule has 2 heterocycles. The Morgan fingerprint density at radius 3 is 2.67 bits per heavy atom. The predicted octanol–water partition coefficient (Wildman–Crippen LogP) is 2.57. The Balaban J connectivity index is 1.75. The summed E-state index contributed by atoms with van der Waals surface area (Å²) in [5.74, 6) is -0.333. The first-order valence-electron chi connectivity index (χ1n) is 8.89. The van der Waals surface area contributed by atoms with Crippen LogP contribution in [0.4, 0.5) is 0 Å². The van der Waals surface area contributed by atoms with E-state index in [1.165, 1.54) is 6.92 Å². The molecule has 0 unspecified atom stereocenters. The van der Waals surface area contributed by atoms with Crippen LogP contribution < -0.4 is 10.9 Å². The number of aromatic nitrogens is 1. The molecule has 3 rings (SSSR count). The van der Waals surface area contributed by atoms with Crippen LogP contribution in [0.25, 0.3) is 6.08 Å². The van der Waals surface area contributed by atoms with Crippen LogP contribution in [0.15, 0.2) is 41.3 Å². The van der Waals surface area contributed by atoms with Crippen molar-refractivity contribution in [2.24, 2.45) is 0 Å². The summed E-state index contributed by atoms with van der Waals surface area (Å²) in [5, 5.41) is 2.82. The van der Waals surface area contributed by atoms with Gasteiger partial charge < -0.3 is 15.2 Å². The monoisotopic (exact) mass is 365 g/mol. The van der Waals surface area contributed by atoms with Gasteiger partial charge in [-0.1, -0.05) is 24.3 Å². The summed E-state index contributed by atoms with van der Waals surface area (Å²) in [6.45, 7) is 5.31. The third-order valence-electron chi connectivity index (χ3n) is 4.80. The summed E-state index contributed by atoms with van der Waals surface area (Å²) in [5.41, 5.74) is 3.92. The van der Waals surface area contributed by atoms with Crippen molar-refractivity contribution in [2.45, 2.75) is 39.8 Å². The minimum atomic E-state index is -0.360. The maximum Gasteiger partial charge on any atom is 0.253 e. The SMILES string of the molecule is CC(=O)N1C=Cc2ccccc2[C@H]1CC(=O)NCc1c(C)cc(C)[nH]c1=O. The van der Waals surface area contributed by atoms with Crippen LogP contribution in [-0.2, 0) is 16.1 Å². The number of fused-ring (bicyclic) bond motifs is 1. The van der Waals surface area contributed by atoms with Crippen molar-refractivity contribution in [3.8, 4) is 0 Å². The van der Waals surface area contributed by atoms with Crippen LogP contribution in [0.5, 0.6) is 0 Å². The molecular weight excluding hydrogens is 342 g/mol. The second kappa shape index (κ2) is 7.61. The van der Waals surface area contributed by atoms with Crippen LogP contribution in [-0.4, -0.2) is 21.7 Å². The molecule has 140 valence electrons. The molecule has 1 aromatic carbocycles. The standard InChI is InChI=1S/C21H23N3O3/c1-13-10-14(2)23-21(27)18(13)12-22-20(26)11-19-17-7-5-4-6-16(17)8-9-24(19)15(3)25/h4-10,19H,11-12H2,1-3H3,(H,22,26)(H,23,27)/t19-/m1/s1. The van der Waals surface area contributed by atoms with Crippen molar-refractivity contribution in [1.82, 2.24) is 15.2 Å². The van der Waals surface area contributed by atoms with E-state index < -0.39 is 0 Å². The Morgan fingerprint density at radius 2 is 1.96 bits per heavy atom. The highest BCUT2D eigenvalue weighted by atomic mass is 16.2. The lowest BCUT2D eigenvalue weighted by atomic mass is 9.93. The number of pyridine rings is 1. The zero-order valence-electron chi connectivity index (χ0n) is 15.7. The molecule has 1 atom stereocenters. The van der Waals surface area contributed by atoms with E-state index in [0.717, 1.165) is 22.4 Å². The fourth-order valence-electron chi connectivity index (χ4n) is 3.45. The van der Waals surface area contributed by atoms with Crippen molar-refractivity contribution in [3.05, 3.63) is 74.8 Å². The number of benzene rings is 1. The van der Waals surface area contributed by atoms with Crippen LogP contribution in [0.2, 0.25) is 0 Å². The maximum absolute atomic E-state index is 12.6. The molecule has 0 fully saturated rings. The third-order valence-corrected chi connectivity index (χ3v) is 4.80. The lowest BCUT2D eigenvalue weighted by Crippen LogP contribution is -2.35. The smallest absolute Gasteiger partial charge is 0.253 e. The molecule has 0 spiro atoms. The Kier molecular flexibility index (Phi) is 5.26. The lowest BCUT2D eigenvalue weighted by Gasteiger charge is -2.32. The van der Waals surface area contributed by atoms with Gasteiger partial charge in [-0.3, -0.25) is 14.4 Å². The van der Waals surface area contributed by atoms with Crippen molar-refractivity contribution in [3.63, 3.8) is 0 Å². The molecule has 1 aliphatic heterocycles. The van der Waals surface area contributed by atoms with Crippen LogP contribution >= 0.6 is 0 Å². The molecule has 6 heteroatoms. The highest BCUT2D eigenvalue weighted by Crippen LogP contribution is 2.32. The molecule has 1 aromatic heterocycles. The summed E-state index contributed by atoms with van der Waals surface area (Å²) in [6, 6.07) is 9.24. The van der Waals surface area contributed by atoms with Gasteiger partial charge in [0.1, 0.15) is 0 Å². The Hall–Kier alpha value is -3.15. The second-order valence-corrected chi connectivity index (χ2v) is 6.81. The first-order valence-corrected chi connectivity index (χ1v) is 8.89. The molecule has 0 saturated heterocycles. The molecule has 0 bridgehead atoms. The van der Waals surface area contributed by atoms with E-state index in [1.54, 1.807) is 11.1 Å². The first-order chi connectivity index (χ1) is 12.9. The molecule has 0 saturated carbocycles. The number of aromatic amines is 1. The number of amides is 2. The largest absolute Gasteiger partial charge is 0.352 e. The number of nitrogens with zero attached hydrogens (tertiary/aromatic N) is 1. The number of hydrogen-bond donors (Lipinski definition) is 2. The van der Waals surface area contributed by atoms with E-state index in [-0.39, 0.29) is 36.4 Å². The predicted molar refractivity (Wildman–Crippen MR) is 104 cm³/mol. The quantitative estimate of drug-likeness (QED) is 0.874. The lowest BCUT2D eigenvalue weighted by molar-refractivity contribution is -0.130. The van der Waals surface area contributed by atoms with Crippen LogP contribution in [0.1, 0.15) is 47.3 Å². The summed E-state index contributed by atoms with van der Waals surface area (Å²) in [4.78, 5) is 41.0. The molecule has 2 amide bonds. The normalized spacial score (nSPS) is 15.4. The molecule has 2 aromatic rings. The number of H-pyrrole nitrogens is 1. The molecule has 6 nitrogen and oxygen atoms in total. The van der Waals surface area contributed by atoms with Crippen LogP contribution in [0.3, 0.4) is 0 Å². The highest BCUT2D eigenvalue weighted by molar-refractivity contribution is 5.81. The number of carbonyl (C=O) groups excluding carboxylic acids is 2. The fraction of sp³-hybridized carbons (Fsp3) is 0.286. The van der Waals surface area contributed by atoms with Crippen molar-refractivity contribution >= 4 is 17.9 Å². The zero-order valence-corrected chi connectivity index (χ0v) is 15.7. The highest BCUT2D eigenvalue weighted by Gasteiger charge is 2.28. The van der Waals surface area contributed by atoms with E-state index in [4.69, 9.17) is 0 Å². The second-order valence-electron chi connectivity index (χ2n) is 6.81. The van der Waals surface area contributed by atoms with Crippen molar-refractivity contribution < 1.29 is 9.59 Å². The Morgan fingerprint density at radius 1 is 1.22 bits per heavy atom. The molecular formula is C21H23N3O3. The number of rotatable bonds is 4. The van der Waals surface area contributed by atoms with Gasteiger partial charge in [0.15, 0.2) is 0 Å². The molecule has 0 aliphatic carbocycles. The van der Waals surface area contributed by atoms with E-state index in [9.17, 15) is 14.4 Å². The number of carbonyl (C=O) groups is 2. The van der Waals surface area contributed by atoms with Gasteiger partial charge in [0, 0.05) is 30.9 Å². The number of hydrogen-bond acceptors (Lipinski definition) is 3. The third kappa shape index (κ3) is 4.00. The zero-order chi connectivity index (χ0) is 19.6. The van der Waals surface area contributed by atoms with Gasteiger partial charge >= 0.3 is 0 Å². The molecule has 1 aliphatic rings. The van der Waals surface area contributed by atoms with E-state index in [1.807, 2.05) is 50.3 Å². The van der Waals surface area contributed by atoms with Gasteiger partial charge in [-0.2, -0.15) is 0 Å². The van der Waals surface area contributed by atoms with Gasteiger partial charge in [0.2, 0.25) is 11.8 Å². The number of nitrogens with one attached hydrogen (secondary N) is 2. The van der Waals surface area contributed by atoms with Crippen molar-refractivity contribution in [2.75, 3.05) is 0 Å². The average molecular weight is 365 g/mol. The topological polar surface area (TPSA) is 82.3 Å². The molecule has 27 heavy (non-hydrogen) atoms. The minimum Gasteiger partial charge on any atom is -0.352 e. The summed E-state index contributed by atoms with van der Waals surface area (Å²) in [7, 11) is 0. The molecule has 0 radical (unpaired) electrons. The average Bonchev–Trinajstić information content (AvgIpc) is 2.60. The van der Waals surface area contributed by atoms with Crippen molar-refractivity contribution in [1.29, 1.82) is 0 Å². The van der Waals surface area contributed by atoms with Gasteiger partial charge in [-0.25, -0.2) is 0 Å². The maximum atomic E-state index is 12.6. The van der Waals surface area contributed by atoms with Gasteiger partial charge in [0.05, 0.1) is 12.5 Å². The van der Waals surface area contributed by atoms with Gasteiger partial charge in [-0.05, 0) is 42.7 Å². The van der Waals surface area contributed by atoms with Crippen LogP contribution in [0, 0.1) is 13.8 Å². The minimum absolute atomic E-state index is 0.121. The van der Waals surface area contributed by atoms with E-state index in [2.05, 4.69) is 10.3 Å². The Bertz CT molecular complexity index is 975. The van der Waals surface area contributed by atoms with Gasteiger partial charge in [0.25, 0.3) is 5.56 Å². The fourth-order valence-corrected chi connectivity index (χ4v) is 3.45. The first kappa shape index (κ1) is 18.6. The van der Waals surface area contributed by atoms with Gasteiger partial charge in [-0.15, -0.1) is 0 Å². The van der Waals surface area contributed by atoms with E-state index in [0.29, 0.717) is 5.56 Å². The number of aryl methyl sites for hydroxylation is 2. The molecule has 2 N–H and O–H groups in total. The Labute approximate surface area is 157 Å². The summed E-state index contributed by atoms with van der Waals surface area (Å²) >= 11 is 0. The van der Waals surface area contributed by atoms with E-state index >= 15 is 0 Å². The summed E-state index contributed by atoms with van der Waals surface area (Å²) in [6.07, 6.45) is 3.72.